The van der Waals surface area contributed by atoms with Crippen LogP contribution < -0.4 is 15.8 Å². The molecule has 3 amide bonds. The van der Waals surface area contributed by atoms with Gasteiger partial charge < -0.3 is 20.9 Å². The Balaban J connectivity index is 1.51. The van der Waals surface area contributed by atoms with Crippen LogP contribution in [0.25, 0.3) is 0 Å². The van der Waals surface area contributed by atoms with E-state index < -0.39 is 22.1 Å². The van der Waals surface area contributed by atoms with E-state index in [2.05, 4.69) is 22.0 Å². The number of nitrogens with two attached hydrogens (primary N) is 1. The van der Waals surface area contributed by atoms with Gasteiger partial charge in [-0.1, -0.05) is 50.1 Å². The molecule has 1 unspecified atom stereocenters. The van der Waals surface area contributed by atoms with Crippen LogP contribution in [0.5, 0.6) is 0 Å². The third-order valence-corrected chi connectivity index (χ3v) is 8.23. The molecule has 2 atom stereocenters. The maximum absolute atomic E-state index is 13.5. The van der Waals surface area contributed by atoms with Gasteiger partial charge in [0.2, 0.25) is 27.7 Å². The number of aliphatic imine (C=N–C) groups is 1. The maximum Gasteiger partial charge on any atom is 0.248 e. The van der Waals surface area contributed by atoms with Crippen LogP contribution in [0.15, 0.2) is 35.3 Å². The Kier molecular flexibility index (Phi) is 11.9. The Morgan fingerprint density at radius 3 is 2.42 bits per heavy atom. The first kappa shape index (κ1) is 31.5. The summed E-state index contributed by atoms with van der Waals surface area (Å²) >= 11 is 0. The highest BCUT2D eigenvalue weighted by Gasteiger charge is 2.38. The number of unbranched alkanes of at least 4 members (excludes halogenated alkanes) is 2. The van der Waals surface area contributed by atoms with Gasteiger partial charge in [0.15, 0.2) is 5.96 Å². The van der Waals surface area contributed by atoms with Crippen LogP contribution >= 0.6 is 0 Å². The number of likely N-dealkylation sites (tertiary alicyclic amines) is 2. The average molecular weight is 577 g/mol. The van der Waals surface area contributed by atoms with Crippen molar-refractivity contribution in [3.05, 3.63) is 35.9 Å². The van der Waals surface area contributed by atoms with Gasteiger partial charge in [0.1, 0.15) is 12.1 Å². The Bertz CT molecular complexity index is 1140. The van der Waals surface area contributed by atoms with E-state index in [1.807, 2.05) is 35.2 Å². The number of benzene rings is 1. The number of nitrogens with zero attached hydrogens (tertiary/aromatic N) is 3. The molecule has 1 aromatic carbocycles. The summed E-state index contributed by atoms with van der Waals surface area (Å²) in [6, 6.07) is 7.60. The summed E-state index contributed by atoms with van der Waals surface area (Å²) in [6.07, 6.45) is 7.31. The largest absolute Gasteiger partial charge is 0.369 e. The van der Waals surface area contributed by atoms with Gasteiger partial charge in [-0.15, -0.1) is 0 Å². The zero-order valence-electron chi connectivity index (χ0n) is 23.7. The van der Waals surface area contributed by atoms with Crippen LogP contribution in [0, 0.1) is 5.92 Å². The molecule has 0 spiro atoms. The number of rotatable bonds is 12. The van der Waals surface area contributed by atoms with Crippen LogP contribution in [-0.2, 0) is 30.8 Å². The predicted octanol–water partition coefficient (Wildman–Crippen LogP) is 1.39. The van der Waals surface area contributed by atoms with Crippen molar-refractivity contribution < 1.29 is 22.8 Å². The van der Waals surface area contributed by atoms with Crippen LogP contribution in [0.2, 0.25) is 0 Å². The minimum absolute atomic E-state index is 0.186. The summed E-state index contributed by atoms with van der Waals surface area (Å²) in [5, 5.41) is 3.02. The molecular weight excluding hydrogens is 532 g/mol. The number of hydrogen-bond donors (Lipinski definition) is 3. The first-order valence-corrected chi connectivity index (χ1v) is 16.2. The number of hydrogen-bond acceptors (Lipinski definition) is 5. The molecule has 4 N–H and O–H groups in total. The SMILES string of the molecule is CCCCCC(=O)N=C(N)N1CCC(CNC(=O)C2CCCN2C(=O)[C@@H](Cc2ccccc2)NS(C)(=O)=O)CC1. The number of amides is 3. The lowest BCUT2D eigenvalue weighted by atomic mass is 9.97. The number of nitrogens with one attached hydrogen (secondary N) is 2. The summed E-state index contributed by atoms with van der Waals surface area (Å²) in [5.41, 5.74) is 6.89. The van der Waals surface area contributed by atoms with E-state index in [4.69, 9.17) is 5.73 Å². The second kappa shape index (κ2) is 15.1. The van der Waals surface area contributed by atoms with Crippen molar-refractivity contribution >= 4 is 33.7 Å². The number of carbonyl (C=O) groups is 3. The van der Waals surface area contributed by atoms with Crippen LogP contribution in [-0.4, -0.2) is 86.4 Å². The molecular formula is C28H44N6O5S. The summed E-state index contributed by atoms with van der Waals surface area (Å²) in [7, 11) is -3.64. The van der Waals surface area contributed by atoms with Gasteiger partial charge >= 0.3 is 0 Å². The van der Waals surface area contributed by atoms with E-state index in [9.17, 15) is 22.8 Å². The van der Waals surface area contributed by atoms with E-state index in [0.29, 0.717) is 45.4 Å². The third kappa shape index (κ3) is 9.88. The van der Waals surface area contributed by atoms with Crippen molar-refractivity contribution in [2.75, 3.05) is 32.4 Å². The summed E-state index contributed by atoms with van der Waals surface area (Å²) in [6.45, 7) is 4.28. The Morgan fingerprint density at radius 2 is 1.77 bits per heavy atom. The van der Waals surface area contributed by atoms with E-state index in [-0.39, 0.29) is 36.0 Å². The second-order valence-electron chi connectivity index (χ2n) is 10.8. The van der Waals surface area contributed by atoms with Gasteiger partial charge in [-0.3, -0.25) is 14.4 Å². The van der Waals surface area contributed by atoms with E-state index in [0.717, 1.165) is 43.9 Å². The van der Waals surface area contributed by atoms with Crippen LogP contribution in [0.3, 0.4) is 0 Å². The van der Waals surface area contributed by atoms with Gasteiger partial charge in [0.25, 0.3) is 0 Å². The van der Waals surface area contributed by atoms with E-state index in [1.165, 1.54) is 4.90 Å². The molecule has 222 valence electrons. The zero-order chi connectivity index (χ0) is 29.1. The topological polar surface area (TPSA) is 154 Å². The standard InChI is InChI=1S/C28H44N6O5S/c1-3-4-6-13-25(35)31-28(29)33-17-14-22(15-18-33)20-30-26(36)24-12-9-16-34(24)27(37)23(32-40(2,38)39)19-21-10-7-5-8-11-21/h5,7-8,10-11,22-24,32H,3-4,6,9,12-20H2,1-2H3,(H,30,36)(H2,29,31,35)/t23-,24?/m1/s1. The van der Waals surface area contributed by atoms with Gasteiger partial charge in [0.05, 0.1) is 6.26 Å². The maximum atomic E-state index is 13.5. The van der Waals surface area contributed by atoms with E-state index >= 15 is 0 Å². The molecule has 0 bridgehead atoms. The third-order valence-electron chi connectivity index (χ3n) is 7.51. The zero-order valence-corrected chi connectivity index (χ0v) is 24.5. The second-order valence-corrected chi connectivity index (χ2v) is 12.6. The first-order valence-electron chi connectivity index (χ1n) is 14.3. The van der Waals surface area contributed by atoms with Crippen LogP contribution in [0.1, 0.15) is 63.9 Å². The van der Waals surface area contributed by atoms with Crippen molar-refractivity contribution in [2.45, 2.75) is 76.8 Å². The fourth-order valence-corrected chi connectivity index (χ4v) is 6.00. The van der Waals surface area contributed by atoms with Crippen molar-refractivity contribution in [2.24, 2.45) is 16.6 Å². The van der Waals surface area contributed by atoms with E-state index in [1.54, 1.807) is 0 Å². The molecule has 2 aliphatic rings. The molecule has 0 saturated carbocycles. The van der Waals surface area contributed by atoms with Crippen molar-refractivity contribution in [3.8, 4) is 0 Å². The monoisotopic (exact) mass is 576 g/mol. The number of carbonyl (C=O) groups excluding carboxylic acids is 3. The highest BCUT2D eigenvalue weighted by Crippen LogP contribution is 2.21. The van der Waals surface area contributed by atoms with Crippen molar-refractivity contribution in [1.82, 2.24) is 19.8 Å². The molecule has 0 aromatic heterocycles. The fraction of sp³-hybridized carbons (Fsp3) is 0.643. The smallest absolute Gasteiger partial charge is 0.248 e. The average Bonchev–Trinajstić information content (AvgIpc) is 3.41. The number of guanidine groups is 1. The molecule has 3 rings (SSSR count). The molecule has 1 aromatic rings. The molecule has 11 nitrogen and oxygen atoms in total. The lowest BCUT2D eigenvalue weighted by molar-refractivity contribution is -0.139. The van der Waals surface area contributed by atoms with Crippen molar-refractivity contribution in [3.63, 3.8) is 0 Å². The Morgan fingerprint density at radius 1 is 1.07 bits per heavy atom. The normalized spacial score (nSPS) is 19.4. The fourth-order valence-electron chi connectivity index (χ4n) is 5.30. The lowest BCUT2D eigenvalue weighted by Crippen LogP contribution is -2.54. The molecule has 0 aliphatic carbocycles. The molecule has 0 radical (unpaired) electrons. The Hall–Kier alpha value is -2.99. The quantitative estimate of drug-likeness (QED) is 0.193. The number of sulfonamides is 1. The number of piperidine rings is 1. The van der Waals surface area contributed by atoms with Gasteiger partial charge in [-0.2, -0.15) is 4.99 Å². The van der Waals surface area contributed by atoms with Gasteiger partial charge in [-0.25, -0.2) is 13.1 Å². The lowest BCUT2D eigenvalue weighted by Gasteiger charge is -2.33. The first-order chi connectivity index (χ1) is 19.1. The summed E-state index contributed by atoms with van der Waals surface area (Å²) in [5.74, 6) is -0.286. The minimum Gasteiger partial charge on any atom is -0.369 e. The van der Waals surface area contributed by atoms with Gasteiger partial charge in [-0.05, 0) is 50.0 Å². The molecule has 2 fully saturated rings. The predicted molar refractivity (Wildman–Crippen MR) is 155 cm³/mol. The highest BCUT2D eigenvalue weighted by atomic mass is 32.2. The minimum atomic E-state index is -3.64. The van der Waals surface area contributed by atoms with Crippen molar-refractivity contribution in [1.29, 1.82) is 0 Å². The molecule has 2 heterocycles. The molecule has 40 heavy (non-hydrogen) atoms. The molecule has 2 aliphatic heterocycles. The summed E-state index contributed by atoms with van der Waals surface area (Å²) in [4.78, 5) is 46.1. The summed E-state index contributed by atoms with van der Waals surface area (Å²) < 4.78 is 26.5. The molecule has 12 heteroatoms. The van der Waals surface area contributed by atoms with Crippen LogP contribution in [0.4, 0.5) is 0 Å². The molecule has 2 saturated heterocycles. The Labute approximate surface area is 238 Å². The highest BCUT2D eigenvalue weighted by molar-refractivity contribution is 7.88. The van der Waals surface area contributed by atoms with Gasteiger partial charge in [0, 0.05) is 32.6 Å².